The minimum absolute atomic E-state index is 0.0874. The van der Waals surface area contributed by atoms with Crippen LogP contribution in [0, 0.1) is 17.5 Å². The SMILES string of the molecule is CCOC(=O)c1cc(F)c(CC(=O)OC(c2ccccc2)c2ccccc2)c(F)c1F. The van der Waals surface area contributed by atoms with Crippen molar-refractivity contribution in [2.75, 3.05) is 6.61 Å². The van der Waals surface area contributed by atoms with Crippen molar-refractivity contribution in [3.05, 3.63) is 106 Å². The first-order chi connectivity index (χ1) is 14.9. The van der Waals surface area contributed by atoms with Crippen molar-refractivity contribution in [2.24, 2.45) is 0 Å². The van der Waals surface area contributed by atoms with Crippen LogP contribution < -0.4 is 0 Å². The number of hydrogen-bond donors (Lipinski definition) is 0. The zero-order chi connectivity index (χ0) is 22.4. The molecule has 0 saturated carbocycles. The Morgan fingerprint density at radius 2 is 1.42 bits per heavy atom. The van der Waals surface area contributed by atoms with E-state index in [-0.39, 0.29) is 6.61 Å². The highest BCUT2D eigenvalue weighted by atomic mass is 19.2. The molecule has 3 rings (SSSR count). The molecular weight excluding hydrogens is 409 g/mol. The molecule has 0 unspecified atom stereocenters. The highest BCUT2D eigenvalue weighted by molar-refractivity contribution is 5.90. The van der Waals surface area contributed by atoms with E-state index in [0.29, 0.717) is 17.2 Å². The van der Waals surface area contributed by atoms with Gasteiger partial charge in [0.05, 0.1) is 13.0 Å². The lowest BCUT2D eigenvalue weighted by atomic mass is 10.0. The van der Waals surface area contributed by atoms with Crippen LogP contribution in [-0.2, 0) is 20.7 Å². The van der Waals surface area contributed by atoms with Gasteiger partial charge in [-0.1, -0.05) is 60.7 Å². The predicted molar refractivity (Wildman–Crippen MR) is 107 cm³/mol. The van der Waals surface area contributed by atoms with Gasteiger partial charge in [-0.05, 0) is 24.1 Å². The molecule has 0 fully saturated rings. The Kier molecular flexibility index (Phi) is 7.07. The summed E-state index contributed by atoms with van der Waals surface area (Å²) in [7, 11) is 0. The Morgan fingerprint density at radius 1 is 0.871 bits per heavy atom. The third kappa shape index (κ3) is 5.12. The highest BCUT2D eigenvalue weighted by Gasteiger charge is 2.27. The van der Waals surface area contributed by atoms with Gasteiger partial charge in [0.15, 0.2) is 17.7 Å². The molecule has 0 radical (unpaired) electrons. The molecule has 0 bridgehead atoms. The Balaban J connectivity index is 1.86. The van der Waals surface area contributed by atoms with Crippen LogP contribution in [0.1, 0.15) is 40.1 Å². The second-order valence-corrected chi connectivity index (χ2v) is 6.60. The summed E-state index contributed by atoms with van der Waals surface area (Å²) in [5.74, 6) is -6.60. The van der Waals surface area contributed by atoms with E-state index < -0.39 is 53.0 Å². The van der Waals surface area contributed by atoms with Crippen LogP contribution in [-0.4, -0.2) is 18.5 Å². The van der Waals surface area contributed by atoms with Crippen molar-refractivity contribution in [1.82, 2.24) is 0 Å². The molecule has 3 aromatic carbocycles. The molecule has 3 aromatic rings. The first-order valence-corrected chi connectivity index (χ1v) is 9.55. The van der Waals surface area contributed by atoms with Gasteiger partial charge < -0.3 is 9.47 Å². The molecule has 0 spiro atoms. The highest BCUT2D eigenvalue weighted by Crippen LogP contribution is 2.27. The normalized spacial score (nSPS) is 10.7. The van der Waals surface area contributed by atoms with Crippen LogP contribution in [0.3, 0.4) is 0 Å². The average molecular weight is 428 g/mol. The summed E-state index contributed by atoms with van der Waals surface area (Å²) in [4.78, 5) is 24.2. The molecule has 0 N–H and O–H groups in total. The first kappa shape index (κ1) is 22.1. The monoisotopic (exact) mass is 428 g/mol. The smallest absolute Gasteiger partial charge is 0.341 e. The number of carbonyl (C=O) groups excluding carboxylic acids is 2. The molecule has 0 atom stereocenters. The fourth-order valence-electron chi connectivity index (χ4n) is 3.05. The zero-order valence-corrected chi connectivity index (χ0v) is 16.6. The van der Waals surface area contributed by atoms with E-state index in [1.807, 2.05) is 0 Å². The molecule has 31 heavy (non-hydrogen) atoms. The fourth-order valence-corrected chi connectivity index (χ4v) is 3.05. The van der Waals surface area contributed by atoms with Gasteiger partial charge in [0.25, 0.3) is 0 Å². The number of esters is 2. The van der Waals surface area contributed by atoms with Crippen LogP contribution in [0.25, 0.3) is 0 Å². The largest absolute Gasteiger partial charge is 0.462 e. The minimum Gasteiger partial charge on any atom is -0.462 e. The van der Waals surface area contributed by atoms with Crippen LogP contribution in [0.15, 0.2) is 66.7 Å². The second kappa shape index (κ2) is 9.93. The third-order valence-electron chi connectivity index (χ3n) is 4.52. The van der Waals surface area contributed by atoms with Crippen molar-refractivity contribution in [3.63, 3.8) is 0 Å². The van der Waals surface area contributed by atoms with Gasteiger partial charge in [-0.2, -0.15) is 0 Å². The van der Waals surface area contributed by atoms with E-state index in [1.165, 1.54) is 6.92 Å². The number of halogens is 3. The maximum absolute atomic E-state index is 14.4. The van der Waals surface area contributed by atoms with Crippen LogP contribution in [0.4, 0.5) is 13.2 Å². The molecule has 0 aromatic heterocycles. The molecule has 0 amide bonds. The maximum atomic E-state index is 14.4. The van der Waals surface area contributed by atoms with Gasteiger partial charge in [0.1, 0.15) is 11.4 Å². The van der Waals surface area contributed by atoms with Crippen molar-refractivity contribution < 1.29 is 32.2 Å². The second-order valence-electron chi connectivity index (χ2n) is 6.60. The lowest BCUT2D eigenvalue weighted by molar-refractivity contribution is -0.146. The topological polar surface area (TPSA) is 52.6 Å². The molecule has 0 aliphatic carbocycles. The summed E-state index contributed by atoms with van der Waals surface area (Å²) in [6.07, 6.45) is -1.67. The van der Waals surface area contributed by atoms with Crippen molar-refractivity contribution >= 4 is 11.9 Å². The van der Waals surface area contributed by atoms with Gasteiger partial charge in [-0.15, -0.1) is 0 Å². The fraction of sp³-hybridized carbons (Fsp3) is 0.167. The lowest BCUT2D eigenvalue weighted by Crippen LogP contribution is -2.18. The standard InChI is InChI=1S/C24H19F3O4/c1-2-30-24(29)18-13-19(25)17(21(26)22(18)27)14-20(28)31-23(15-9-5-3-6-10-15)16-11-7-4-8-12-16/h3-13,23H,2,14H2,1H3. The predicted octanol–water partition coefficient (Wildman–Crippen LogP) is 5.16. The van der Waals surface area contributed by atoms with Crippen LogP contribution >= 0.6 is 0 Å². The van der Waals surface area contributed by atoms with Gasteiger partial charge in [0, 0.05) is 5.56 Å². The molecule has 160 valence electrons. The summed E-state index contributed by atoms with van der Waals surface area (Å²) in [5, 5.41) is 0. The number of hydrogen-bond acceptors (Lipinski definition) is 4. The van der Waals surface area contributed by atoms with Crippen LogP contribution in [0.5, 0.6) is 0 Å². The summed E-state index contributed by atoms with van der Waals surface area (Å²) < 4.78 is 53.2. The van der Waals surface area contributed by atoms with E-state index in [2.05, 4.69) is 4.74 Å². The quantitative estimate of drug-likeness (QED) is 0.386. The van der Waals surface area contributed by atoms with Crippen molar-refractivity contribution in [2.45, 2.75) is 19.4 Å². The lowest BCUT2D eigenvalue weighted by Gasteiger charge is -2.19. The Hall–Kier alpha value is -3.61. The average Bonchev–Trinajstić information content (AvgIpc) is 2.78. The van der Waals surface area contributed by atoms with E-state index in [0.717, 1.165) is 0 Å². The molecule has 0 saturated heterocycles. The van der Waals surface area contributed by atoms with Crippen LogP contribution in [0.2, 0.25) is 0 Å². The van der Waals surface area contributed by atoms with E-state index >= 15 is 0 Å². The molecule has 4 nitrogen and oxygen atoms in total. The minimum atomic E-state index is -1.63. The Bertz CT molecular complexity index is 1030. The number of benzene rings is 3. The van der Waals surface area contributed by atoms with Gasteiger partial charge >= 0.3 is 11.9 Å². The zero-order valence-electron chi connectivity index (χ0n) is 16.6. The first-order valence-electron chi connectivity index (χ1n) is 9.55. The summed E-state index contributed by atoms with van der Waals surface area (Å²) in [6.45, 7) is 1.39. The molecule has 0 aliphatic heterocycles. The molecular formula is C24H19F3O4. The third-order valence-corrected chi connectivity index (χ3v) is 4.52. The number of ether oxygens (including phenoxy) is 2. The van der Waals surface area contributed by atoms with Gasteiger partial charge in [0.2, 0.25) is 0 Å². The molecule has 7 heteroatoms. The Morgan fingerprint density at radius 3 is 1.94 bits per heavy atom. The van der Waals surface area contributed by atoms with E-state index in [4.69, 9.17) is 4.74 Å². The number of carbonyl (C=O) groups is 2. The molecule has 0 heterocycles. The van der Waals surface area contributed by atoms with Crippen molar-refractivity contribution in [1.29, 1.82) is 0 Å². The van der Waals surface area contributed by atoms with Gasteiger partial charge in [-0.25, -0.2) is 18.0 Å². The van der Waals surface area contributed by atoms with Crippen molar-refractivity contribution in [3.8, 4) is 0 Å². The summed E-state index contributed by atoms with van der Waals surface area (Å²) in [5.41, 5.74) is -0.380. The Labute approximate surface area is 177 Å². The van der Waals surface area contributed by atoms with E-state index in [1.54, 1.807) is 60.7 Å². The van der Waals surface area contributed by atoms with E-state index in [9.17, 15) is 22.8 Å². The van der Waals surface area contributed by atoms with Gasteiger partial charge in [-0.3, -0.25) is 4.79 Å². The summed E-state index contributed by atoms with van der Waals surface area (Å²) >= 11 is 0. The summed E-state index contributed by atoms with van der Waals surface area (Å²) in [6, 6.07) is 18.2. The number of rotatable bonds is 7. The molecule has 0 aliphatic rings. The maximum Gasteiger partial charge on any atom is 0.341 e.